The molecule has 1 aliphatic heterocycles. The molecule has 22 heavy (non-hydrogen) atoms. The first-order chi connectivity index (χ1) is 10.6. The Morgan fingerprint density at radius 2 is 2.27 bits per heavy atom. The lowest BCUT2D eigenvalue weighted by Crippen LogP contribution is -2.51. The fraction of sp³-hybridized carbons (Fsp3) is 0.562. The Hall–Kier alpha value is -1.14. The van der Waals surface area contributed by atoms with Gasteiger partial charge in [-0.25, -0.2) is 0 Å². The molecule has 1 aromatic carbocycles. The molecule has 0 bridgehead atoms. The number of benzene rings is 1. The van der Waals surface area contributed by atoms with E-state index in [0.29, 0.717) is 37.9 Å². The minimum Gasteiger partial charge on any atom is -0.383 e. The number of nitrogens with one attached hydrogen (secondary N) is 1. The van der Waals surface area contributed by atoms with E-state index in [4.69, 9.17) is 21.1 Å². The van der Waals surface area contributed by atoms with Gasteiger partial charge in [0.25, 0.3) is 0 Å². The summed E-state index contributed by atoms with van der Waals surface area (Å²) in [7, 11) is 1.64. The van der Waals surface area contributed by atoms with Crippen molar-refractivity contribution in [2.75, 3.05) is 40.0 Å². The Balaban J connectivity index is 1.96. The van der Waals surface area contributed by atoms with E-state index >= 15 is 0 Å². The summed E-state index contributed by atoms with van der Waals surface area (Å²) in [6, 6.07) is 7.68. The second-order valence-electron chi connectivity index (χ2n) is 5.41. The Morgan fingerprint density at radius 3 is 3.00 bits per heavy atom. The van der Waals surface area contributed by atoms with Crippen molar-refractivity contribution < 1.29 is 14.3 Å². The molecule has 1 heterocycles. The normalized spacial score (nSPS) is 21.9. The van der Waals surface area contributed by atoms with Gasteiger partial charge in [0, 0.05) is 24.2 Å². The summed E-state index contributed by atoms with van der Waals surface area (Å²) in [4.78, 5) is 14.2. The van der Waals surface area contributed by atoms with Crippen LogP contribution in [-0.2, 0) is 14.3 Å². The second-order valence-corrected chi connectivity index (χ2v) is 5.82. The largest absolute Gasteiger partial charge is 0.383 e. The number of hydrogen-bond acceptors (Lipinski definition) is 4. The molecule has 2 rings (SSSR count). The summed E-state index contributed by atoms with van der Waals surface area (Å²) in [6.07, 6.45) is -0.173. The summed E-state index contributed by atoms with van der Waals surface area (Å²) < 4.78 is 10.8. The van der Waals surface area contributed by atoms with E-state index < -0.39 is 0 Å². The molecule has 1 aromatic rings. The van der Waals surface area contributed by atoms with Gasteiger partial charge in [-0.15, -0.1) is 0 Å². The number of morpholine rings is 1. The summed E-state index contributed by atoms with van der Waals surface area (Å²) in [5.74, 6) is 0.0731. The Morgan fingerprint density at radius 1 is 1.50 bits per heavy atom. The number of halogens is 1. The number of hydrogen-bond donors (Lipinski definition) is 1. The van der Waals surface area contributed by atoms with Crippen molar-refractivity contribution in [1.82, 2.24) is 10.2 Å². The third-order valence-corrected chi connectivity index (χ3v) is 4.11. The average Bonchev–Trinajstić information content (AvgIpc) is 2.52. The first-order valence-corrected chi connectivity index (χ1v) is 7.86. The van der Waals surface area contributed by atoms with Crippen molar-refractivity contribution in [1.29, 1.82) is 0 Å². The van der Waals surface area contributed by atoms with Crippen LogP contribution in [0, 0.1) is 0 Å². The zero-order valence-corrected chi connectivity index (χ0v) is 13.8. The number of rotatable bonds is 6. The van der Waals surface area contributed by atoms with Gasteiger partial charge >= 0.3 is 0 Å². The zero-order valence-electron chi connectivity index (χ0n) is 13.0. The molecule has 0 aromatic heterocycles. The van der Waals surface area contributed by atoms with Gasteiger partial charge < -0.3 is 19.7 Å². The van der Waals surface area contributed by atoms with Crippen LogP contribution in [0.15, 0.2) is 24.3 Å². The van der Waals surface area contributed by atoms with Gasteiger partial charge in [0.2, 0.25) is 5.91 Å². The van der Waals surface area contributed by atoms with Crippen LogP contribution in [-0.4, -0.2) is 56.8 Å². The summed E-state index contributed by atoms with van der Waals surface area (Å²) >= 11 is 6.23. The minimum atomic E-state index is -0.173. The lowest BCUT2D eigenvalue weighted by atomic mass is 10.1. The highest BCUT2D eigenvalue weighted by Gasteiger charge is 2.30. The highest BCUT2D eigenvalue weighted by Crippen LogP contribution is 2.29. The Bertz CT molecular complexity index is 498. The van der Waals surface area contributed by atoms with Gasteiger partial charge in [-0.1, -0.05) is 29.8 Å². The molecule has 122 valence electrons. The van der Waals surface area contributed by atoms with E-state index in [1.54, 1.807) is 7.11 Å². The molecule has 1 fully saturated rings. The van der Waals surface area contributed by atoms with Crippen LogP contribution in [0.1, 0.15) is 18.6 Å². The molecule has 1 N–H and O–H groups in total. The summed E-state index contributed by atoms with van der Waals surface area (Å²) in [5, 5.41) is 3.76. The molecule has 1 aliphatic rings. The number of carbonyl (C=O) groups is 1. The number of ether oxygens (including phenoxy) is 2. The van der Waals surface area contributed by atoms with E-state index in [1.165, 1.54) is 0 Å². The lowest BCUT2D eigenvalue weighted by molar-refractivity contribution is -0.143. The first kappa shape index (κ1) is 17.2. The lowest BCUT2D eigenvalue weighted by Gasteiger charge is -2.38. The SMILES string of the molecule is COCCNCC(=O)N1C[C@@H](c2ccccc2Cl)OC[C@@H]1C. The van der Waals surface area contributed by atoms with Crippen LogP contribution in [0.25, 0.3) is 0 Å². The monoisotopic (exact) mass is 326 g/mol. The number of carbonyl (C=O) groups excluding carboxylic acids is 1. The predicted molar refractivity (Wildman–Crippen MR) is 86.1 cm³/mol. The van der Waals surface area contributed by atoms with Gasteiger partial charge in [0.1, 0.15) is 6.10 Å². The van der Waals surface area contributed by atoms with Gasteiger partial charge in [-0.05, 0) is 13.0 Å². The zero-order chi connectivity index (χ0) is 15.9. The van der Waals surface area contributed by atoms with Crippen LogP contribution in [0.3, 0.4) is 0 Å². The molecular weight excluding hydrogens is 304 g/mol. The van der Waals surface area contributed by atoms with Crippen LogP contribution in [0.4, 0.5) is 0 Å². The second kappa shape index (κ2) is 8.48. The third-order valence-electron chi connectivity index (χ3n) is 3.76. The maximum absolute atomic E-state index is 12.4. The van der Waals surface area contributed by atoms with Crippen molar-refractivity contribution in [2.24, 2.45) is 0 Å². The minimum absolute atomic E-state index is 0.0652. The van der Waals surface area contributed by atoms with Crippen LogP contribution in [0.2, 0.25) is 5.02 Å². The summed E-state index contributed by atoms with van der Waals surface area (Å²) in [5.41, 5.74) is 0.932. The molecule has 0 spiro atoms. The van der Waals surface area contributed by atoms with Gasteiger partial charge in [-0.2, -0.15) is 0 Å². The van der Waals surface area contributed by atoms with Crippen molar-refractivity contribution in [3.05, 3.63) is 34.9 Å². The molecule has 0 saturated carbocycles. The van der Waals surface area contributed by atoms with Gasteiger partial charge in [-0.3, -0.25) is 4.79 Å². The van der Waals surface area contributed by atoms with E-state index in [9.17, 15) is 4.79 Å². The molecule has 1 amide bonds. The van der Waals surface area contributed by atoms with Crippen molar-refractivity contribution >= 4 is 17.5 Å². The predicted octanol–water partition coefficient (Wildman–Crippen LogP) is 1.86. The first-order valence-electron chi connectivity index (χ1n) is 7.48. The molecule has 1 saturated heterocycles. The molecule has 0 radical (unpaired) electrons. The van der Waals surface area contributed by atoms with E-state index in [0.717, 1.165) is 5.56 Å². The molecular formula is C16H23ClN2O3. The fourth-order valence-corrected chi connectivity index (χ4v) is 2.76. The molecule has 6 heteroatoms. The van der Waals surface area contributed by atoms with Gasteiger partial charge in [0.05, 0.1) is 32.3 Å². The number of amides is 1. The number of methoxy groups -OCH3 is 1. The molecule has 2 atom stereocenters. The summed E-state index contributed by atoms with van der Waals surface area (Å²) in [6.45, 7) is 4.59. The number of nitrogens with zero attached hydrogens (tertiary/aromatic N) is 1. The van der Waals surface area contributed by atoms with Crippen LogP contribution in [0.5, 0.6) is 0 Å². The Labute approximate surface area is 136 Å². The highest BCUT2D eigenvalue weighted by atomic mass is 35.5. The standard InChI is InChI=1S/C16H23ClN2O3/c1-12-11-22-15(13-5-3-4-6-14(13)17)10-19(12)16(20)9-18-7-8-21-2/h3-6,12,15,18H,7-11H2,1-2H3/t12-,15-/m0/s1. The third kappa shape index (κ3) is 4.43. The quantitative estimate of drug-likeness (QED) is 0.811. The van der Waals surface area contributed by atoms with Crippen molar-refractivity contribution in [3.63, 3.8) is 0 Å². The van der Waals surface area contributed by atoms with Crippen LogP contribution < -0.4 is 5.32 Å². The maximum Gasteiger partial charge on any atom is 0.236 e. The smallest absolute Gasteiger partial charge is 0.236 e. The Kier molecular flexibility index (Phi) is 6.64. The molecule has 0 aliphatic carbocycles. The fourth-order valence-electron chi connectivity index (χ4n) is 2.50. The van der Waals surface area contributed by atoms with Gasteiger partial charge in [0.15, 0.2) is 0 Å². The topological polar surface area (TPSA) is 50.8 Å². The van der Waals surface area contributed by atoms with Crippen molar-refractivity contribution in [2.45, 2.75) is 19.1 Å². The maximum atomic E-state index is 12.4. The van der Waals surface area contributed by atoms with Crippen molar-refractivity contribution in [3.8, 4) is 0 Å². The molecule has 5 nitrogen and oxygen atoms in total. The van der Waals surface area contributed by atoms with E-state index in [1.807, 2.05) is 36.1 Å². The van der Waals surface area contributed by atoms with Crippen LogP contribution >= 0.6 is 11.6 Å². The average molecular weight is 327 g/mol. The highest BCUT2D eigenvalue weighted by molar-refractivity contribution is 6.31. The van der Waals surface area contributed by atoms with E-state index in [2.05, 4.69) is 5.32 Å². The van der Waals surface area contributed by atoms with E-state index in [-0.39, 0.29) is 18.1 Å². The molecule has 0 unspecified atom stereocenters.